The van der Waals surface area contributed by atoms with Crippen LogP contribution in [0.3, 0.4) is 0 Å². The summed E-state index contributed by atoms with van der Waals surface area (Å²) in [5.74, 6) is 0.154. The highest BCUT2D eigenvalue weighted by molar-refractivity contribution is 7.11. The van der Waals surface area contributed by atoms with Crippen LogP contribution in [0.5, 0.6) is 5.75 Å². The molecule has 1 heterocycles. The summed E-state index contributed by atoms with van der Waals surface area (Å²) in [4.78, 5) is 16.3. The minimum Gasteiger partial charge on any atom is -0.496 e. The minimum atomic E-state index is -0.767. The Hall–Kier alpha value is -1.88. The Bertz CT molecular complexity index is 664. The molecule has 22 heavy (non-hydrogen) atoms. The number of nitrogens with zero attached hydrogens (tertiary/aromatic N) is 1. The number of ether oxygens (including phenoxy) is 1. The normalized spacial score (nSPS) is 10.7. The van der Waals surface area contributed by atoms with Gasteiger partial charge in [-0.15, -0.1) is 11.3 Å². The molecule has 0 atom stereocenters. The highest BCUT2D eigenvalue weighted by atomic mass is 32.1. The van der Waals surface area contributed by atoms with Gasteiger partial charge < -0.3 is 9.84 Å². The number of aromatic nitrogens is 1. The number of carbonyl (C=O) groups is 1. The molecular weight excluding hydrogens is 298 g/mol. The molecule has 0 saturated carbocycles. The van der Waals surface area contributed by atoms with Crippen LogP contribution >= 0.6 is 11.3 Å². The summed E-state index contributed by atoms with van der Waals surface area (Å²) in [6.07, 6.45) is 2.42. The molecule has 0 saturated heterocycles. The van der Waals surface area contributed by atoms with Gasteiger partial charge in [0.25, 0.3) is 0 Å². The van der Waals surface area contributed by atoms with E-state index in [-0.39, 0.29) is 6.42 Å². The molecule has 118 valence electrons. The minimum absolute atomic E-state index is 0.158. The largest absolute Gasteiger partial charge is 0.496 e. The Balaban J connectivity index is 2.13. The molecule has 1 aromatic carbocycles. The number of aryl methyl sites for hydroxylation is 3. The molecule has 0 fully saturated rings. The van der Waals surface area contributed by atoms with Crippen molar-refractivity contribution in [2.45, 2.75) is 39.5 Å². The first-order chi connectivity index (χ1) is 10.5. The van der Waals surface area contributed by atoms with Gasteiger partial charge in [0, 0.05) is 11.3 Å². The third-order valence-electron chi connectivity index (χ3n) is 3.58. The fourth-order valence-electron chi connectivity index (χ4n) is 2.41. The highest BCUT2D eigenvalue weighted by Crippen LogP contribution is 2.25. The van der Waals surface area contributed by atoms with Crippen molar-refractivity contribution < 1.29 is 14.6 Å². The maximum absolute atomic E-state index is 10.7. The van der Waals surface area contributed by atoms with Crippen LogP contribution in [-0.2, 0) is 24.1 Å². The van der Waals surface area contributed by atoms with Crippen molar-refractivity contribution in [1.82, 2.24) is 4.98 Å². The van der Waals surface area contributed by atoms with E-state index >= 15 is 0 Å². The topological polar surface area (TPSA) is 59.4 Å². The van der Waals surface area contributed by atoms with E-state index < -0.39 is 5.97 Å². The second-order valence-electron chi connectivity index (χ2n) is 5.19. The number of rotatable bonds is 7. The van der Waals surface area contributed by atoms with Crippen LogP contribution in [0.4, 0.5) is 0 Å². The lowest BCUT2D eigenvalue weighted by Gasteiger charge is -2.08. The van der Waals surface area contributed by atoms with E-state index in [1.807, 2.05) is 13.0 Å². The average Bonchev–Trinajstić information content (AvgIpc) is 2.84. The van der Waals surface area contributed by atoms with Gasteiger partial charge in [0.1, 0.15) is 5.75 Å². The third-order valence-corrected chi connectivity index (χ3v) is 4.80. The van der Waals surface area contributed by atoms with Crippen LogP contribution in [0.15, 0.2) is 18.2 Å². The van der Waals surface area contributed by atoms with Crippen LogP contribution in [0.1, 0.15) is 40.1 Å². The summed E-state index contributed by atoms with van der Waals surface area (Å²) >= 11 is 1.61. The van der Waals surface area contributed by atoms with E-state index in [2.05, 4.69) is 24.0 Å². The Morgan fingerprint density at radius 2 is 2.18 bits per heavy atom. The van der Waals surface area contributed by atoms with Crippen molar-refractivity contribution in [1.29, 1.82) is 0 Å². The van der Waals surface area contributed by atoms with Gasteiger partial charge in [-0.3, -0.25) is 4.79 Å². The zero-order valence-electron chi connectivity index (χ0n) is 13.2. The number of methoxy groups -OCH3 is 1. The molecule has 0 aliphatic rings. The molecule has 0 spiro atoms. The summed E-state index contributed by atoms with van der Waals surface area (Å²) in [5, 5.41) is 9.82. The van der Waals surface area contributed by atoms with Crippen molar-refractivity contribution in [2.75, 3.05) is 7.11 Å². The van der Waals surface area contributed by atoms with Crippen molar-refractivity contribution in [3.63, 3.8) is 0 Å². The smallest absolute Gasteiger partial charge is 0.303 e. The van der Waals surface area contributed by atoms with Gasteiger partial charge in [0.05, 0.1) is 24.2 Å². The maximum atomic E-state index is 10.7. The summed E-state index contributed by atoms with van der Waals surface area (Å²) < 4.78 is 5.35. The molecule has 0 radical (unpaired) electrons. The van der Waals surface area contributed by atoms with Crippen molar-refractivity contribution in [2.24, 2.45) is 0 Å². The molecule has 0 aliphatic carbocycles. The van der Waals surface area contributed by atoms with Crippen molar-refractivity contribution >= 4 is 17.3 Å². The maximum Gasteiger partial charge on any atom is 0.303 e. The van der Waals surface area contributed by atoms with Gasteiger partial charge in [-0.1, -0.05) is 19.1 Å². The fourth-order valence-corrected chi connectivity index (χ4v) is 3.51. The Morgan fingerprint density at radius 3 is 2.82 bits per heavy atom. The first kappa shape index (κ1) is 16.5. The Morgan fingerprint density at radius 1 is 1.41 bits per heavy atom. The van der Waals surface area contributed by atoms with Crippen LogP contribution in [0.25, 0.3) is 0 Å². The number of hydrogen-bond donors (Lipinski definition) is 1. The van der Waals surface area contributed by atoms with E-state index in [1.54, 1.807) is 18.4 Å². The van der Waals surface area contributed by atoms with E-state index in [9.17, 15) is 4.79 Å². The van der Waals surface area contributed by atoms with Crippen LogP contribution in [-0.4, -0.2) is 23.2 Å². The molecule has 0 bridgehead atoms. The lowest BCUT2D eigenvalue weighted by atomic mass is 10.1. The van der Waals surface area contributed by atoms with Crippen LogP contribution in [0, 0.1) is 6.92 Å². The highest BCUT2D eigenvalue weighted by Gasteiger charge is 2.11. The van der Waals surface area contributed by atoms with Gasteiger partial charge >= 0.3 is 5.97 Å². The van der Waals surface area contributed by atoms with Gasteiger partial charge in [-0.2, -0.15) is 0 Å². The zero-order chi connectivity index (χ0) is 16.1. The Labute approximate surface area is 134 Å². The molecule has 2 rings (SSSR count). The average molecular weight is 319 g/mol. The van der Waals surface area contributed by atoms with Crippen LogP contribution in [0.2, 0.25) is 0 Å². The number of thiazole rings is 1. The molecule has 2 aromatic rings. The summed E-state index contributed by atoms with van der Waals surface area (Å²) in [5.41, 5.74) is 3.35. The second kappa shape index (κ2) is 7.40. The molecule has 0 aliphatic heterocycles. The number of aliphatic carboxylic acids is 1. The summed E-state index contributed by atoms with van der Waals surface area (Å²) in [7, 11) is 1.69. The van der Waals surface area contributed by atoms with Gasteiger partial charge in [-0.05, 0) is 37.0 Å². The van der Waals surface area contributed by atoms with E-state index in [1.165, 1.54) is 11.1 Å². The molecule has 4 nitrogen and oxygen atoms in total. The van der Waals surface area contributed by atoms with Gasteiger partial charge in [0.2, 0.25) is 0 Å². The van der Waals surface area contributed by atoms with E-state index in [0.717, 1.165) is 34.2 Å². The molecule has 1 aromatic heterocycles. The third kappa shape index (κ3) is 4.07. The summed E-state index contributed by atoms with van der Waals surface area (Å²) in [6.45, 7) is 4.06. The first-order valence-corrected chi connectivity index (χ1v) is 8.17. The molecular formula is C17H21NO3S. The SMILES string of the molecule is CCc1cc(Cc2nc(C)c(CCC(=O)O)s2)ccc1OC. The number of carboxylic acids is 1. The fraction of sp³-hybridized carbons (Fsp3) is 0.412. The monoisotopic (exact) mass is 319 g/mol. The molecule has 1 N–H and O–H groups in total. The van der Waals surface area contributed by atoms with Gasteiger partial charge in [0.15, 0.2) is 0 Å². The number of benzene rings is 1. The quantitative estimate of drug-likeness (QED) is 0.846. The lowest BCUT2D eigenvalue weighted by molar-refractivity contribution is -0.136. The zero-order valence-corrected chi connectivity index (χ0v) is 14.0. The molecule has 0 amide bonds. The Kier molecular flexibility index (Phi) is 5.55. The molecule has 5 heteroatoms. The number of hydrogen-bond acceptors (Lipinski definition) is 4. The first-order valence-electron chi connectivity index (χ1n) is 7.36. The summed E-state index contributed by atoms with van der Waals surface area (Å²) in [6, 6.07) is 6.22. The van der Waals surface area contributed by atoms with Crippen molar-refractivity contribution in [3.05, 3.63) is 44.9 Å². The van der Waals surface area contributed by atoms with Crippen LogP contribution < -0.4 is 4.74 Å². The van der Waals surface area contributed by atoms with E-state index in [4.69, 9.17) is 9.84 Å². The van der Waals surface area contributed by atoms with Gasteiger partial charge in [-0.25, -0.2) is 4.98 Å². The molecule has 0 unspecified atom stereocenters. The van der Waals surface area contributed by atoms with E-state index in [0.29, 0.717) is 6.42 Å². The predicted molar refractivity (Wildman–Crippen MR) is 88.0 cm³/mol. The number of carboxylic acid groups (broad SMARTS) is 1. The van der Waals surface area contributed by atoms with Crippen molar-refractivity contribution in [3.8, 4) is 5.75 Å². The predicted octanol–water partition coefficient (Wildman–Crippen LogP) is 3.63. The lowest BCUT2D eigenvalue weighted by Crippen LogP contribution is -1.96. The standard InChI is InChI=1S/C17H21NO3S/c1-4-13-9-12(5-6-14(13)21-3)10-16-18-11(2)15(22-16)7-8-17(19)20/h5-6,9H,4,7-8,10H2,1-3H3,(H,19,20). The second-order valence-corrected chi connectivity index (χ2v) is 6.35.